The number of hydrogen-bond acceptors (Lipinski definition) is 5. The minimum Gasteiger partial charge on any atom is -1.00 e. The first-order chi connectivity index (χ1) is 10.2. The molecular weight excluding hydrogens is 372 g/mol. The minimum atomic E-state index is -0.393. The van der Waals surface area contributed by atoms with Crippen LogP contribution < -0.4 is 26.5 Å². The monoisotopic (exact) mass is 381 g/mol. The third kappa shape index (κ3) is 2.42. The Kier molecular flexibility index (Phi) is 3.96. The van der Waals surface area contributed by atoms with Gasteiger partial charge < -0.3 is 26.5 Å². The zero-order chi connectivity index (χ0) is 14.4. The molecule has 0 spiro atoms. The van der Waals surface area contributed by atoms with Crippen molar-refractivity contribution in [1.29, 1.82) is 0 Å². The van der Waals surface area contributed by atoms with E-state index in [0.717, 1.165) is 5.56 Å². The Balaban J connectivity index is 0.00000144. The standard InChI is InChI=1S/C14H10N2O4S.BrH/c17-12-6-13(18)16-9(7-21-14(16)15-12)8-1-2-10-11(5-8)20-4-3-19-10;/h1-2,5,7H,3-4,6H2;1H/p-1. The predicted octanol–water partition coefficient (Wildman–Crippen LogP) is -1.38. The molecule has 1 aromatic carbocycles. The summed E-state index contributed by atoms with van der Waals surface area (Å²) in [7, 11) is 0. The molecule has 114 valence electrons. The van der Waals surface area contributed by atoms with Crippen LogP contribution in [0.15, 0.2) is 28.6 Å². The fourth-order valence-electron chi connectivity index (χ4n) is 2.39. The number of fused-ring (bicyclic) bond motifs is 2. The maximum Gasteiger partial charge on any atom is 0.257 e. The molecule has 0 bridgehead atoms. The van der Waals surface area contributed by atoms with E-state index in [1.165, 1.54) is 16.7 Å². The number of amides is 2. The lowest BCUT2D eigenvalue weighted by Crippen LogP contribution is -3.00. The Bertz CT molecular complexity index is 732. The number of nitrogens with zero attached hydrogens (tertiary/aromatic N) is 2. The van der Waals surface area contributed by atoms with Gasteiger partial charge in [0.05, 0.1) is 5.70 Å². The van der Waals surface area contributed by atoms with Crippen LogP contribution in [0.3, 0.4) is 0 Å². The molecule has 0 saturated heterocycles. The normalized spacial score (nSPS) is 19.2. The molecule has 3 aliphatic rings. The van der Waals surface area contributed by atoms with Gasteiger partial charge in [-0.3, -0.25) is 14.5 Å². The predicted molar refractivity (Wildman–Crippen MR) is 76.9 cm³/mol. The fraction of sp³-hybridized carbons (Fsp3) is 0.214. The summed E-state index contributed by atoms with van der Waals surface area (Å²) < 4.78 is 11.0. The van der Waals surface area contributed by atoms with Gasteiger partial charge in [-0.05, 0) is 18.2 Å². The average molecular weight is 382 g/mol. The van der Waals surface area contributed by atoms with Crippen LogP contribution in [-0.4, -0.2) is 35.1 Å². The van der Waals surface area contributed by atoms with Crippen LogP contribution >= 0.6 is 11.8 Å². The highest BCUT2D eigenvalue weighted by molar-refractivity contribution is 8.17. The third-order valence-electron chi connectivity index (χ3n) is 3.32. The zero-order valence-electron chi connectivity index (χ0n) is 11.2. The highest BCUT2D eigenvalue weighted by atomic mass is 79.9. The van der Waals surface area contributed by atoms with E-state index in [-0.39, 0.29) is 29.3 Å². The lowest BCUT2D eigenvalue weighted by Gasteiger charge is -2.24. The van der Waals surface area contributed by atoms with Crippen LogP contribution in [0.1, 0.15) is 12.0 Å². The van der Waals surface area contributed by atoms with Crippen LogP contribution in [0.25, 0.3) is 5.70 Å². The highest BCUT2D eigenvalue weighted by Gasteiger charge is 2.35. The van der Waals surface area contributed by atoms with E-state index in [2.05, 4.69) is 4.99 Å². The van der Waals surface area contributed by atoms with Gasteiger partial charge in [-0.15, -0.1) is 0 Å². The van der Waals surface area contributed by atoms with Crippen molar-refractivity contribution < 1.29 is 36.0 Å². The van der Waals surface area contributed by atoms with Gasteiger partial charge in [0.1, 0.15) is 19.6 Å². The van der Waals surface area contributed by atoms with Crippen molar-refractivity contribution in [2.75, 3.05) is 13.2 Å². The van der Waals surface area contributed by atoms with Gasteiger partial charge in [0.15, 0.2) is 16.7 Å². The second-order valence-electron chi connectivity index (χ2n) is 4.67. The Morgan fingerprint density at radius 2 is 1.91 bits per heavy atom. The summed E-state index contributed by atoms with van der Waals surface area (Å²) in [6.07, 6.45) is -0.189. The van der Waals surface area contributed by atoms with Crippen molar-refractivity contribution >= 4 is 34.4 Å². The Hall–Kier alpha value is -1.80. The second-order valence-corrected chi connectivity index (χ2v) is 5.51. The van der Waals surface area contributed by atoms with E-state index in [1.807, 2.05) is 23.6 Å². The average Bonchev–Trinajstić information content (AvgIpc) is 2.90. The number of ether oxygens (including phenoxy) is 2. The van der Waals surface area contributed by atoms with Crippen molar-refractivity contribution in [3.05, 3.63) is 29.2 Å². The number of benzene rings is 1. The van der Waals surface area contributed by atoms with Crippen LogP contribution in [0, 0.1) is 0 Å². The van der Waals surface area contributed by atoms with Crippen molar-refractivity contribution in [1.82, 2.24) is 4.90 Å². The first-order valence-electron chi connectivity index (χ1n) is 6.44. The lowest BCUT2D eigenvalue weighted by molar-refractivity contribution is -0.131. The van der Waals surface area contributed by atoms with Gasteiger partial charge in [0, 0.05) is 11.0 Å². The zero-order valence-corrected chi connectivity index (χ0v) is 13.6. The molecule has 0 aromatic heterocycles. The second kappa shape index (κ2) is 5.77. The number of halogens is 1. The summed E-state index contributed by atoms with van der Waals surface area (Å²) in [5.74, 6) is 0.715. The molecule has 0 N–H and O–H groups in total. The van der Waals surface area contributed by atoms with Crippen LogP contribution in [-0.2, 0) is 9.59 Å². The maximum atomic E-state index is 12.1. The molecule has 0 fully saturated rings. The molecule has 0 atom stereocenters. The largest absolute Gasteiger partial charge is 1.00 e. The number of carbonyl (C=O) groups is 2. The first-order valence-corrected chi connectivity index (χ1v) is 7.32. The van der Waals surface area contributed by atoms with E-state index >= 15 is 0 Å². The molecule has 2 amide bonds. The molecular formula is C14H10BrN2O4S-. The molecule has 0 unspecified atom stereocenters. The van der Waals surface area contributed by atoms with E-state index in [0.29, 0.717) is 35.6 Å². The van der Waals surface area contributed by atoms with Gasteiger partial charge >= 0.3 is 0 Å². The van der Waals surface area contributed by atoms with Crippen LogP contribution in [0.4, 0.5) is 0 Å². The quantitative estimate of drug-likeness (QED) is 0.561. The summed E-state index contributed by atoms with van der Waals surface area (Å²) in [6, 6.07) is 5.53. The Labute approximate surface area is 140 Å². The number of rotatable bonds is 1. The summed E-state index contributed by atoms with van der Waals surface area (Å²) in [5.41, 5.74) is 1.55. The maximum absolute atomic E-state index is 12.1. The van der Waals surface area contributed by atoms with Crippen molar-refractivity contribution in [3.63, 3.8) is 0 Å². The lowest BCUT2D eigenvalue weighted by atomic mass is 10.1. The third-order valence-corrected chi connectivity index (χ3v) is 4.14. The topological polar surface area (TPSA) is 68.2 Å². The van der Waals surface area contributed by atoms with Gasteiger partial charge in [0.25, 0.3) is 5.91 Å². The van der Waals surface area contributed by atoms with Crippen LogP contribution in [0.5, 0.6) is 11.5 Å². The number of thioether (sulfide) groups is 1. The molecule has 3 heterocycles. The van der Waals surface area contributed by atoms with Gasteiger partial charge in [0.2, 0.25) is 5.91 Å². The van der Waals surface area contributed by atoms with Crippen LogP contribution in [0.2, 0.25) is 0 Å². The molecule has 6 nitrogen and oxygen atoms in total. The SMILES string of the molecule is O=C1CC(=O)N2C(c3ccc4c(c3)OCCO4)=CSC2=N1.[Br-]. The molecule has 0 radical (unpaired) electrons. The molecule has 1 aromatic rings. The molecule has 3 aliphatic heterocycles. The van der Waals surface area contributed by atoms with E-state index < -0.39 is 5.91 Å². The molecule has 4 rings (SSSR count). The number of amidine groups is 1. The molecule has 8 heteroatoms. The van der Waals surface area contributed by atoms with E-state index in [4.69, 9.17) is 9.47 Å². The fourth-order valence-corrected chi connectivity index (χ4v) is 3.31. The minimum absolute atomic E-state index is 0. The smallest absolute Gasteiger partial charge is 0.257 e. The molecule has 0 aliphatic carbocycles. The van der Waals surface area contributed by atoms with Crippen molar-refractivity contribution in [2.45, 2.75) is 6.42 Å². The Morgan fingerprint density at radius 3 is 2.73 bits per heavy atom. The summed E-state index contributed by atoms with van der Waals surface area (Å²) in [5, 5.41) is 2.24. The number of carbonyl (C=O) groups excluding carboxylic acids is 2. The van der Waals surface area contributed by atoms with Crippen molar-refractivity contribution in [2.24, 2.45) is 4.99 Å². The Morgan fingerprint density at radius 1 is 1.14 bits per heavy atom. The van der Waals surface area contributed by atoms with Crippen molar-refractivity contribution in [3.8, 4) is 11.5 Å². The van der Waals surface area contributed by atoms with Gasteiger partial charge in [-0.2, -0.15) is 4.99 Å². The summed E-state index contributed by atoms with van der Waals surface area (Å²) in [6.45, 7) is 1.04. The number of aliphatic imine (C=N–C) groups is 1. The summed E-state index contributed by atoms with van der Waals surface area (Å²) in [4.78, 5) is 28.8. The van der Waals surface area contributed by atoms with Gasteiger partial charge in [-0.25, -0.2) is 0 Å². The molecule has 22 heavy (non-hydrogen) atoms. The van der Waals surface area contributed by atoms with Gasteiger partial charge in [-0.1, -0.05) is 11.8 Å². The summed E-state index contributed by atoms with van der Waals surface area (Å²) >= 11 is 1.27. The highest BCUT2D eigenvalue weighted by Crippen LogP contribution is 2.39. The number of hydrogen-bond donors (Lipinski definition) is 0. The first kappa shape index (κ1) is 15.1. The van der Waals surface area contributed by atoms with E-state index in [9.17, 15) is 9.59 Å². The van der Waals surface area contributed by atoms with E-state index in [1.54, 1.807) is 0 Å². The molecule has 0 saturated carbocycles.